The van der Waals surface area contributed by atoms with E-state index in [2.05, 4.69) is 10.1 Å². The minimum absolute atomic E-state index is 0.0341. The number of carbonyl (C=O) groups is 1. The number of halogens is 4. The Labute approximate surface area is 235 Å². The molecule has 1 aromatic carbocycles. The van der Waals surface area contributed by atoms with Crippen LogP contribution in [0.25, 0.3) is 5.70 Å². The monoisotopic (exact) mass is 568 g/mol. The topological polar surface area (TPSA) is 126 Å². The van der Waals surface area contributed by atoms with Crippen molar-refractivity contribution in [3.63, 3.8) is 0 Å². The second kappa shape index (κ2) is 10.5. The first-order valence-corrected chi connectivity index (χ1v) is 13.4. The maximum Gasteiger partial charge on any atom is 0.435 e. The van der Waals surface area contributed by atoms with E-state index in [1.165, 1.54) is 12.1 Å². The molecule has 216 valence electrons. The molecular weight excluding hydrogens is 536 g/mol. The fourth-order valence-electron chi connectivity index (χ4n) is 5.58. The molecule has 11 heteroatoms. The van der Waals surface area contributed by atoms with Crippen molar-refractivity contribution < 1.29 is 22.4 Å². The molecule has 2 atom stereocenters. The highest BCUT2D eigenvalue weighted by atomic mass is 19.4. The summed E-state index contributed by atoms with van der Waals surface area (Å²) in [5.41, 5.74) is 17.8. The van der Waals surface area contributed by atoms with E-state index in [1.54, 1.807) is 30.5 Å². The molecule has 5 rings (SSSR count). The Kier molecular flexibility index (Phi) is 7.37. The third kappa shape index (κ3) is 5.56. The number of alkyl halides is 3. The van der Waals surface area contributed by atoms with Gasteiger partial charge in [-0.1, -0.05) is 31.1 Å². The number of aryl methyl sites for hydroxylation is 1. The first-order chi connectivity index (χ1) is 19.4. The van der Waals surface area contributed by atoms with Gasteiger partial charge in [0.05, 0.1) is 5.54 Å². The van der Waals surface area contributed by atoms with Gasteiger partial charge in [-0.3, -0.25) is 9.78 Å². The number of allylic oxidation sites excluding steroid dienone is 3. The van der Waals surface area contributed by atoms with Crippen LogP contribution in [-0.2, 0) is 17.1 Å². The molecule has 2 aliphatic rings. The molecule has 2 aliphatic carbocycles. The number of rotatable bonds is 9. The first-order valence-electron chi connectivity index (χ1n) is 13.4. The van der Waals surface area contributed by atoms with E-state index in [0.29, 0.717) is 24.0 Å². The van der Waals surface area contributed by atoms with Crippen molar-refractivity contribution in [1.82, 2.24) is 14.8 Å². The van der Waals surface area contributed by atoms with Crippen molar-refractivity contribution in [2.75, 3.05) is 6.54 Å². The number of hydrogen-bond donors (Lipinski definition) is 3. The van der Waals surface area contributed by atoms with Crippen LogP contribution in [-0.4, -0.2) is 27.2 Å². The largest absolute Gasteiger partial charge is 0.435 e. The Morgan fingerprint density at radius 3 is 2.51 bits per heavy atom. The smallest absolute Gasteiger partial charge is 0.364 e. The number of benzene rings is 1. The van der Waals surface area contributed by atoms with Crippen molar-refractivity contribution >= 4 is 11.6 Å². The Bertz CT molecular complexity index is 1540. The molecule has 1 amide bonds. The molecule has 41 heavy (non-hydrogen) atoms. The van der Waals surface area contributed by atoms with Crippen LogP contribution in [0.15, 0.2) is 60.8 Å². The number of pyridine rings is 1. The zero-order valence-corrected chi connectivity index (χ0v) is 22.6. The van der Waals surface area contributed by atoms with Gasteiger partial charge in [-0.15, -0.1) is 0 Å². The van der Waals surface area contributed by atoms with Gasteiger partial charge in [-0.05, 0) is 72.7 Å². The number of nitrogens with zero attached hydrogens (tertiary/aromatic N) is 3. The van der Waals surface area contributed by atoms with Crippen molar-refractivity contribution in [2.45, 2.75) is 56.2 Å². The highest BCUT2D eigenvalue weighted by Gasteiger charge is 2.40. The molecule has 0 spiro atoms. The maximum absolute atomic E-state index is 15.7. The van der Waals surface area contributed by atoms with Gasteiger partial charge >= 0.3 is 6.18 Å². The number of amides is 1. The number of aromatic nitrogens is 3. The average Bonchev–Trinajstić information content (AvgIpc) is 3.65. The Morgan fingerprint density at radius 1 is 1.15 bits per heavy atom. The summed E-state index contributed by atoms with van der Waals surface area (Å²) >= 11 is 0. The Morgan fingerprint density at radius 2 is 1.88 bits per heavy atom. The predicted molar refractivity (Wildman–Crippen MR) is 147 cm³/mol. The van der Waals surface area contributed by atoms with Crippen LogP contribution in [0.4, 0.5) is 17.6 Å². The lowest BCUT2D eigenvalue weighted by Crippen LogP contribution is -2.40. The minimum atomic E-state index is -4.79. The molecule has 6 N–H and O–H groups in total. The molecular formula is C30H32F4N6O. The molecule has 0 aliphatic heterocycles. The summed E-state index contributed by atoms with van der Waals surface area (Å²) < 4.78 is 56.8. The van der Waals surface area contributed by atoms with E-state index in [1.807, 2.05) is 19.1 Å². The van der Waals surface area contributed by atoms with E-state index in [0.717, 1.165) is 35.2 Å². The van der Waals surface area contributed by atoms with Crippen LogP contribution in [0, 0.1) is 18.7 Å². The van der Waals surface area contributed by atoms with Gasteiger partial charge in [0.2, 0.25) is 0 Å². The van der Waals surface area contributed by atoms with Gasteiger partial charge in [0.1, 0.15) is 11.5 Å². The molecule has 1 saturated carbocycles. The van der Waals surface area contributed by atoms with Crippen molar-refractivity contribution in [3.8, 4) is 0 Å². The van der Waals surface area contributed by atoms with E-state index >= 15 is 4.39 Å². The third-order valence-corrected chi connectivity index (χ3v) is 8.16. The highest BCUT2D eigenvalue weighted by Crippen LogP contribution is 2.43. The SMILES string of the molecule is Cc1cc(C(N)(CCC2CC2)c2ccc(F)c(C3(CN)C=CC=C(n4nc(C(F)(F)F)cc4C(N)=O)C3)c2)ccn1. The van der Waals surface area contributed by atoms with E-state index in [4.69, 9.17) is 17.2 Å². The number of nitrogens with two attached hydrogens (primary N) is 3. The number of hydrogen-bond acceptors (Lipinski definition) is 5. The quantitative estimate of drug-likeness (QED) is 0.316. The summed E-state index contributed by atoms with van der Waals surface area (Å²) in [6, 6.07) is 9.12. The average molecular weight is 569 g/mol. The van der Waals surface area contributed by atoms with Gasteiger partial charge in [0, 0.05) is 42.0 Å². The van der Waals surface area contributed by atoms with Crippen LogP contribution in [0.5, 0.6) is 0 Å². The summed E-state index contributed by atoms with van der Waals surface area (Å²) in [7, 11) is 0. The zero-order chi connectivity index (χ0) is 29.6. The van der Waals surface area contributed by atoms with Gasteiger partial charge < -0.3 is 17.2 Å². The van der Waals surface area contributed by atoms with Crippen molar-refractivity contribution in [3.05, 3.63) is 100 Å². The summed E-state index contributed by atoms with van der Waals surface area (Å²) in [6.07, 6.45) is 5.55. The van der Waals surface area contributed by atoms with Gasteiger partial charge in [0.25, 0.3) is 5.91 Å². The highest BCUT2D eigenvalue weighted by molar-refractivity contribution is 5.92. The van der Waals surface area contributed by atoms with Crippen LogP contribution >= 0.6 is 0 Å². The second-order valence-electron chi connectivity index (χ2n) is 11.1. The van der Waals surface area contributed by atoms with Crippen LogP contribution in [0.2, 0.25) is 0 Å². The normalized spacial score (nSPS) is 20.5. The van der Waals surface area contributed by atoms with Crippen molar-refractivity contribution in [1.29, 1.82) is 0 Å². The molecule has 2 heterocycles. The lowest BCUT2D eigenvalue weighted by molar-refractivity contribution is -0.141. The predicted octanol–water partition coefficient (Wildman–Crippen LogP) is 4.93. The van der Waals surface area contributed by atoms with E-state index in [9.17, 15) is 18.0 Å². The summed E-state index contributed by atoms with van der Waals surface area (Å²) in [6.45, 7) is 1.80. The van der Waals surface area contributed by atoms with Gasteiger partial charge in [-0.25, -0.2) is 9.07 Å². The van der Waals surface area contributed by atoms with Gasteiger partial charge in [0.15, 0.2) is 5.69 Å². The van der Waals surface area contributed by atoms with Crippen molar-refractivity contribution in [2.24, 2.45) is 23.1 Å². The summed E-state index contributed by atoms with van der Waals surface area (Å²) in [4.78, 5) is 16.3. The molecule has 1 fully saturated rings. The summed E-state index contributed by atoms with van der Waals surface area (Å²) in [5, 5.41) is 3.62. The van der Waals surface area contributed by atoms with Crippen LogP contribution in [0.3, 0.4) is 0 Å². The lowest BCUT2D eigenvalue weighted by atomic mass is 9.71. The Hall–Kier alpha value is -3.83. The molecule has 0 bridgehead atoms. The lowest BCUT2D eigenvalue weighted by Gasteiger charge is -2.36. The fourth-order valence-corrected chi connectivity index (χ4v) is 5.58. The number of carbonyl (C=O) groups excluding carboxylic acids is 1. The number of primary amides is 1. The van der Waals surface area contributed by atoms with Crippen LogP contribution in [0.1, 0.15) is 70.7 Å². The van der Waals surface area contributed by atoms with Gasteiger partial charge in [-0.2, -0.15) is 18.3 Å². The standard InChI is InChI=1S/C30H32F4N6O/c1-18-13-21(9-12-38-18)29(37,11-8-19-4-5-19)20-6-7-24(31)23(14-20)28(17-35)10-2-3-22(16-28)40-25(27(36)41)15-26(39-40)30(32,33)34/h2-3,6-7,9-10,12-15,19H,4-5,8,11,16-17,35,37H2,1H3,(H2,36,41). The molecule has 0 saturated heterocycles. The minimum Gasteiger partial charge on any atom is -0.364 e. The zero-order valence-electron chi connectivity index (χ0n) is 22.6. The molecule has 2 unspecified atom stereocenters. The summed E-state index contributed by atoms with van der Waals surface area (Å²) in [5.74, 6) is -1.00. The van der Waals surface area contributed by atoms with E-state index in [-0.39, 0.29) is 24.2 Å². The molecule has 2 aromatic heterocycles. The Balaban J connectivity index is 1.58. The third-order valence-electron chi connectivity index (χ3n) is 8.16. The fraction of sp³-hybridized carbons (Fsp3) is 0.367. The molecule has 7 nitrogen and oxygen atoms in total. The maximum atomic E-state index is 15.7. The second-order valence-corrected chi connectivity index (χ2v) is 11.1. The molecule has 0 radical (unpaired) electrons. The molecule has 3 aromatic rings. The first kappa shape index (κ1) is 28.7. The van der Waals surface area contributed by atoms with Crippen LogP contribution < -0.4 is 17.2 Å². The van der Waals surface area contributed by atoms with E-state index < -0.39 is 40.2 Å².